The van der Waals surface area contributed by atoms with Gasteiger partial charge in [-0.25, -0.2) is 4.98 Å². The average Bonchev–Trinajstić information content (AvgIpc) is 3.04. The van der Waals surface area contributed by atoms with Crippen LogP contribution in [0.1, 0.15) is 48.9 Å². The largest absolute Gasteiger partial charge is 0.377 e. The van der Waals surface area contributed by atoms with Gasteiger partial charge >= 0.3 is 0 Å². The van der Waals surface area contributed by atoms with E-state index < -0.39 is 0 Å². The Morgan fingerprint density at radius 3 is 3.09 bits per heavy atom. The molecule has 3 heterocycles. The van der Waals surface area contributed by atoms with Crippen molar-refractivity contribution in [1.29, 1.82) is 0 Å². The molecule has 2 aliphatic heterocycles. The average molecular weight is 303 g/mol. The number of rotatable bonds is 7. The van der Waals surface area contributed by atoms with Crippen molar-refractivity contribution in [3.8, 4) is 0 Å². The number of pyridine rings is 1. The lowest BCUT2D eigenvalue weighted by Gasteiger charge is -2.20. The number of anilines is 1. The number of fused-ring (bicyclic) bond motifs is 1. The lowest BCUT2D eigenvalue weighted by molar-refractivity contribution is 0.0642. The fourth-order valence-electron chi connectivity index (χ4n) is 3.43. The van der Waals surface area contributed by atoms with Crippen LogP contribution in [0.4, 0.5) is 5.82 Å². The van der Waals surface area contributed by atoms with Gasteiger partial charge in [-0.1, -0.05) is 6.42 Å². The molecule has 1 atom stereocenters. The van der Waals surface area contributed by atoms with E-state index >= 15 is 0 Å². The predicted molar refractivity (Wildman–Crippen MR) is 90.6 cm³/mol. The molecule has 1 aromatic rings. The summed E-state index contributed by atoms with van der Waals surface area (Å²) in [5, 5.41) is 6.79. The number of nitrogens with zero attached hydrogens (tertiary/aromatic N) is 1. The molecule has 1 fully saturated rings. The fourth-order valence-corrected chi connectivity index (χ4v) is 3.43. The van der Waals surface area contributed by atoms with E-state index in [0.717, 1.165) is 38.5 Å². The highest BCUT2D eigenvalue weighted by atomic mass is 16.5. The van der Waals surface area contributed by atoms with E-state index in [4.69, 9.17) is 9.72 Å². The van der Waals surface area contributed by atoms with Crippen LogP contribution >= 0.6 is 0 Å². The summed E-state index contributed by atoms with van der Waals surface area (Å²) in [6.07, 6.45) is 8.71. The van der Waals surface area contributed by atoms with E-state index in [1.54, 1.807) is 0 Å². The summed E-state index contributed by atoms with van der Waals surface area (Å²) in [6.45, 7) is 6.34. The molecule has 0 aliphatic carbocycles. The minimum Gasteiger partial charge on any atom is -0.377 e. The molecule has 0 unspecified atom stereocenters. The zero-order valence-electron chi connectivity index (χ0n) is 13.8. The van der Waals surface area contributed by atoms with E-state index in [1.165, 1.54) is 55.3 Å². The molecule has 1 aromatic heterocycles. The van der Waals surface area contributed by atoms with Crippen LogP contribution in [0.15, 0.2) is 6.07 Å². The minimum absolute atomic E-state index is 0.455. The SMILES string of the molecule is Cc1cc(CCCCCO[C@@H]2CCNC2)nc2c1CCCN2. The molecule has 0 aromatic carbocycles. The third kappa shape index (κ3) is 4.20. The molecule has 0 saturated carbocycles. The lowest BCUT2D eigenvalue weighted by atomic mass is 10.00. The van der Waals surface area contributed by atoms with Gasteiger partial charge in [-0.15, -0.1) is 0 Å². The van der Waals surface area contributed by atoms with Gasteiger partial charge in [0.15, 0.2) is 0 Å². The van der Waals surface area contributed by atoms with E-state index in [9.17, 15) is 0 Å². The maximum Gasteiger partial charge on any atom is 0.129 e. The maximum atomic E-state index is 5.86. The van der Waals surface area contributed by atoms with Crippen LogP contribution in [0.5, 0.6) is 0 Å². The number of hydrogen-bond acceptors (Lipinski definition) is 4. The molecule has 1 saturated heterocycles. The van der Waals surface area contributed by atoms with Crippen LogP contribution in [0.2, 0.25) is 0 Å². The van der Waals surface area contributed by atoms with Gasteiger partial charge in [-0.3, -0.25) is 0 Å². The van der Waals surface area contributed by atoms with Gasteiger partial charge in [0.25, 0.3) is 0 Å². The van der Waals surface area contributed by atoms with Crippen molar-refractivity contribution in [3.05, 3.63) is 22.9 Å². The van der Waals surface area contributed by atoms with Gasteiger partial charge in [-0.05, 0) is 69.2 Å². The summed E-state index contributed by atoms with van der Waals surface area (Å²) >= 11 is 0. The van der Waals surface area contributed by atoms with Crippen molar-refractivity contribution < 1.29 is 4.74 Å². The molecule has 4 nitrogen and oxygen atoms in total. The van der Waals surface area contributed by atoms with Gasteiger partial charge in [0.1, 0.15) is 5.82 Å². The summed E-state index contributed by atoms with van der Waals surface area (Å²) < 4.78 is 5.86. The zero-order chi connectivity index (χ0) is 15.2. The van der Waals surface area contributed by atoms with Crippen LogP contribution in [0, 0.1) is 6.92 Å². The van der Waals surface area contributed by atoms with Gasteiger partial charge in [-0.2, -0.15) is 0 Å². The Balaban J connectivity index is 1.37. The van der Waals surface area contributed by atoms with E-state index in [1.807, 2.05) is 0 Å². The molecule has 0 radical (unpaired) electrons. The number of hydrogen-bond donors (Lipinski definition) is 2. The van der Waals surface area contributed by atoms with E-state index in [0.29, 0.717) is 6.10 Å². The quantitative estimate of drug-likeness (QED) is 0.760. The van der Waals surface area contributed by atoms with Crippen LogP contribution in [0.25, 0.3) is 0 Å². The van der Waals surface area contributed by atoms with Crippen molar-refractivity contribution in [3.63, 3.8) is 0 Å². The molecule has 0 bridgehead atoms. The maximum absolute atomic E-state index is 5.86. The van der Waals surface area contributed by atoms with Crippen LogP contribution < -0.4 is 10.6 Å². The van der Waals surface area contributed by atoms with E-state index in [-0.39, 0.29) is 0 Å². The van der Waals surface area contributed by atoms with Gasteiger partial charge in [0, 0.05) is 25.4 Å². The molecule has 0 spiro atoms. The molecular formula is C18H29N3O. The molecule has 0 amide bonds. The number of ether oxygens (including phenoxy) is 1. The Morgan fingerprint density at radius 1 is 1.27 bits per heavy atom. The Labute approximate surface area is 134 Å². The highest BCUT2D eigenvalue weighted by Crippen LogP contribution is 2.24. The minimum atomic E-state index is 0.455. The lowest BCUT2D eigenvalue weighted by Crippen LogP contribution is -2.17. The number of aromatic nitrogens is 1. The van der Waals surface area contributed by atoms with Crippen molar-refractivity contribution in [1.82, 2.24) is 10.3 Å². The van der Waals surface area contributed by atoms with Crippen LogP contribution in [-0.4, -0.2) is 37.3 Å². The molecule has 122 valence electrons. The normalized spacial score (nSPS) is 20.7. The highest BCUT2D eigenvalue weighted by Gasteiger charge is 2.14. The monoisotopic (exact) mass is 303 g/mol. The molecule has 2 aliphatic rings. The van der Waals surface area contributed by atoms with Crippen molar-refractivity contribution in [2.45, 2.75) is 58.0 Å². The first-order valence-corrected chi connectivity index (χ1v) is 8.88. The second kappa shape index (κ2) is 7.93. The predicted octanol–water partition coefficient (Wildman–Crippen LogP) is 2.84. The topological polar surface area (TPSA) is 46.2 Å². The second-order valence-corrected chi connectivity index (χ2v) is 6.58. The summed E-state index contributed by atoms with van der Waals surface area (Å²) in [5.74, 6) is 1.14. The summed E-state index contributed by atoms with van der Waals surface area (Å²) in [7, 11) is 0. The van der Waals surface area contributed by atoms with Crippen molar-refractivity contribution >= 4 is 5.82 Å². The first-order chi connectivity index (χ1) is 10.8. The van der Waals surface area contributed by atoms with Gasteiger partial charge in [0.2, 0.25) is 0 Å². The van der Waals surface area contributed by atoms with Gasteiger partial charge in [0.05, 0.1) is 6.10 Å². The van der Waals surface area contributed by atoms with E-state index in [2.05, 4.69) is 23.6 Å². The van der Waals surface area contributed by atoms with Gasteiger partial charge < -0.3 is 15.4 Å². The number of unbranched alkanes of at least 4 members (excludes halogenated alkanes) is 2. The van der Waals surface area contributed by atoms with Crippen LogP contribution in [-0.2, 0) is 17.6 Å². The van der Waals surface area contributed by atoms with Crippen molar-refractivity contribution in [2.24, 2.45) is 0 Å². The summed E-state index contributed by atoms with van der Waals surface area (Å²) in [5.41, 5.74) is 4.07. The standard InChI is InChI=1S/C18H29N3O/c1-14-12-15(21-18-17(14)7-5-9-20-18)6-3-2-4-11-22-16-8-10-19-13-16/h12,16,19H,2-11,13H2,1H3,(H,20,21)/t16-/m1/s1. The molecule has 3 rings (SSSR count). The Kier molecular flexibility index (Phi) is 5.68. The van der Waals surface area contributed by atoms with Crippen molar-refractivity contribution in [2.75, 3.05) is 31.6 Å². The molecular weight excluding hydrogens is 274 g/mol. The Morgan fingerprint density at radius 2 is 2.23 bits per heavy atom. The molecule has 2 N–H and O–H groups in total. The van der Waals surface area contributed by atoms with Crippen LogP contribution in [0.3, 0.4) is 0 Å². The third-order valence-corrected chi connectivity index (χ3v) is 4.74. The highest BCUT2D eigenvalue weighted by molar-refractivity contribution is 5.51. The smallest absolute Gasteiger partial charge is 0.129 e. The summed E-state index contributed by atoms with van der Waals surface area (Å²) in [4.78, 5) is 4.80. The zero-order valence-corrected chi connectivity index (χ0v) is 13.8. The summed E-state index contributed by atoms with van der Waals surface area (Å²) in [6, 6.07) is 2.28. The number of aryl methyl sites for hydroxylation is 2. The second-order valence-electron chi connectivity index (χ2n) is 6.58. The molecule has 4 heteroatoms. The Bertz CT molecular complexity index is 483. The number of nitrogens with one attached hydrogen (secondary N) is 2. The Hall–Kier alpha value is -1.13. The first-order valence-electron chi connectivity index (χ1n) is 8.88. The molecule has 22 heavy (non-hydrogen) atoms. The fraction of sp³-hybridized carbons (Fsp3) is 0.722. The third-order valence-electron chi connectivity index (χ3n) is 4.74. The first kappa shape index (κ1) is 15.8.